The first-order chi connectivity index (χ1) is 19.9. The predicted molar refractivity (Wildman–Crippen MR) is 166 cm³/mol. The zero-order chi connectivity index (χ0) is 30.5. The number of nitrogens with one attached hydrogen (secondary N) is 2. The lowest BCUT2D eigenvalue weighted by Crippen LogP contribution is -2.38. The van der Waals surface area contributed by atoms with Gasteiger partial charge in [-0.3, -0.25) is 13.8 Å². The smallest absolute Gasteiger partial charge is 0.264 e. The Morgan fingerprint density at radius 1 is 0.833 bits per heavy atom. The van der Waals surface area contributed by atoms with Crippen molar-refractivity contribution < 1.29 is 26.4 Å². The first-order valence-corrected chi connectivity index (χ1v) is 16.3. The van der Waals surface area contributed by atoms with E-state index in [0.717, 1.165) is 4.31 Å². The van der Waals surface area contributed by atoms with E-state index in [-0.39, 0.29) is 21.2 Å². The molecular formula is C29H27Cl2N3O6S2. The minimum atomic E-state index is -4.17. The van der Waals surface area contributed by atoms with Crippen LogP contribution in [0, 0.1) is 6.92 Å². The fourth-order valence-corrected chi connectivity index (χ4v) is 6.74. The summed E-state index contributed by atoms with van der Waals surface area (Å²) < 4.78 is 61.9. The van der Waals surface area contributed by atoms with Crippen LogP contribution in [-0.2, 0) is 24.8 Å². The summed E-state index contributed by atoms with van der Waals surface area (Å²) in [5, 5.41) is 3.41. The molecule has 0 unspecified atom stereocenters. The normalized spacial score (nSPS) is 11.5. The third-order valence-corrected chi connectivity index (χ3v) is 9.92. The van der Waals surface area contributed by atoms with Crippen LogP contribution in [0.1, 0.15) is 12.5 Å². The Hall–Kier alpha value is -3.77. The van der Waals surface area contributed by atoms with Gasteiger partial charge in [-0.25, -0.2) is 16.8 Å². The number of anilines is 3. The Morgan fingerprint density at radius 3 is 2.07 bits per heavy atom. The summed E-state index contributed by atoms with van der Waals surface area (Å²) in [5.41, 5.74) is 1.44. The third-order valence-electron chi connectivity index (χ3n) is 6.08. The minimum Gasteiger partial charge on any atom is -0.494 e. The van der Waals surface area contributed by atoms with Gasteiger partial charge in [0.05, 0.1) is 27.8 Å². The molecule has 0 atom stereocenters. The molecule has 0 saturated carbocycles. The van der Waals surface area contributed by atoms with Gasteiger partial charge >= 0.3 is 0 Å². The van der Waals surface area contributed by atoms with E-state index in [1.54, 1.807) is 49.4 Å². The molecule has 4 aromatic rings. The highest BCUT2D eigenvalue weighted by molar-refractivity contribution is 7.93. The van der Waals surface area contributed by atoms with Crippen LogP contribution in [0.4, 0.5) is 17.1 Å². The van der Waals surface area contributed by atoms with Crippen LogP contribution in [-0.4, -0.2) is 35.9 Å². The summed E-state index contributed by atoms with van der Waals surface area (Å²) in [6.45, 7) is 3.40. The summed E-state index contributed by atoms with van der Waals surface area (Å²) >= 11 is 12.0. The van der Waals surface area contributed by atoms with Gasteiger partial charge in [0, 0.05) is 15.7 Å². The maximum atomic E-state index is 13.6. The predicted octanol–water partition coefficient (Wildman–Crippen LogP) is 6.34. The van der Waals surface area contributed by atoms with E-state index in [2.05, 4.69) is 10.0 Å². The first-order valence-electron chi connectivity index (χ1n) is 12.6. The number of ether oxygens (including phenoxy) is 1. The van der Waals surface area contributed by atoms with Gasteiger partial charge in [-0.15, -0.1) is 0 Å². The summed E-state index contributed by atoms with van der Waals surface area (Å²) in [6.07, 6.45) is 0. The molecule has 0 aliphatic heterocycles. The summed E-state index contributed by atoms with van der Waals surface area (Å²) in [4.78, 5) is 13.0. The van der Waals surface area contributed by atoms with Crippen LogP contribution >= 0.6 is 23.2 Å². The number of hydrogen-bond acceptors (Lipinski definition) is 6. The number of rotatable bonds is 11. The van der Waals surface area contributed by atoms with E-state index in [0.29, 0.717) is 33.7 Å². The SMILES string of the molecule is CCOc1ccc(N(CC(=O)Nc2ccc(S(=O)(=O)Nc3cccc(Cl)c3C)cc2)S(=O)(=O)c2ccc(Cl)cc2)cc1. The van der Waals surface area contributed by atoms with Gasteiger partial charge in [-0.1, -0.05) is 29.3 Å². The lowest BCUT2D eigenvalue weighted by molar-refractivity contribution is -0.114. The molecule has 0 aliphatic rings. The molecule has 1 amide bonds. The zero-order valence-electron chi connectivity index (χ0n) is 22.5. The van der Waals surface area contributed by atoms with Crippen LogP contribution in [0.5, 0.6) is 5.75 Å². The van der Waals surface area contributed by atoms with Gasteiger partial charge < -0.3 is 10.1 Å². The van der Waals surface area contributed by atoms with E-state index in [1.165, 1.54) is 48.5 Å². The highest BCUT2D eigenvalue weighted by Gasteiger charge is 2.27. The molecule has 0 fully saturated rings. The van der Waals surface area contributed by atoms with Crippen LogP contribution in [0.2, 0.25) is 10.0 Å². The molecule has 0 radical (unpaired) electrons. The second-order valence-electron chi connectivity index (χ2n) is 8.98. The minimum absolute atomic E-state index is 0.0406. The van der Waals surface area contributed by atoms with Gasteiger partial charge in [-0.2, -0.15) is 0 Å². The van der Waals surface area contributed by atoms with Crippen molar-refractivity contribution in [2.24, 2.45) is 0 Å². The molecule has 220 valence electrons. The highest BCUT2D eigenvalue weighted by Crippen LogP contribution is 2.28. The number of benzene rings is 4. The second kappa shape index (κ2) is 13.0. The first kappa shape index (κ1) is 31.2. The number of sulfonamides is 2. The Labute approximate surface area is 255 Å². The van der Waals surface area contributed by atoms with Crippen LogP contribution in [0.25, 0.3) is 0 Å². The molecule has 4 rings (SSSR count). The Bertz CT molecular complexity index is 1780. The number of amides is 1. The largest absolute Gasteiger partial charge is 0.494 e. The van der Waals surface area contributed by atoms with Crippen molar-refractivity contribution in [1.82, 2.24) is 0 Å². The van der Waals surface area contributed by atoms with Crippen molar-refractivity contribution in [1.29, 1.82) is 0 Å². The van der Waals surface area contributed by atoms with Crippen LogP contribution < -0.4 is 19.1 Å². The Balaban J connectivity index is 1.54. The summed E-state index contributed by atoms with van der Waals surface area (Å²) in [7, 11) is -8.11. The summed E-state index contributed by atoms with van der Waals surface area (Å²) in [6, 6.07) is 22.3. The molecule has 13 heteroatoms. The fourth-order valence-electron chi connectivity index (χ4n) is 3.89. The standard InChI is InChI=1S/C29H27Cl2N3O6S2/c1-3-40-24-13-11-23(12-14-24)34(42(38,39)26-15-7-21(30)8-16-26)19-29(35)32-22-9-17-25(18-10-22)41(36,37)33-28-6-4-5-27(31)20(28)2/h4-18,33H,3,19H2,1-2H3,(H,32,35). The van der Waals surface area contributed by atoms with Crippen molar-refractivity contribution >= 4 is 66.2 Å². The number of hydrogen-bond donors (Lipinski definition) is 2. The van der Waals surface area contributed by atoms with E-state index in [9.17, 15) is 21.6 Å². The second-order valence-corrected chi connectivity index (χ2v) is 13.4. The maximum absolute atomic E-state index is 13.6. The fraction of sp³-hybridized carbons (Fsp3) is 0.138. The van der Waals surface area contributed by atoms with E-state index in [4.69, 9.17) is 27.9 Å². The van der Waals surface area contributed by atoms with Gasteiger partial charge in [0.1, 0.15) is 12.3 Å². The molecule has 0 aromatic heterocycles. The number of halogens is 2. The third kappa shape index (κ3) is 7.35. The molecule has 0 heterocycles. The van der Waals surface area contributed by atoms with Gasteiger partial charge in [0.2, 0.25) is 5.91 Å². The van der Waals surface area contributed by atoms with E-state index in [1.807, 2.05) is 6.92 Å². The van der Waals surface area contributed by atoms with Crippen LogP contribution in [0.15, 0.2) is 101 Å². The molecule has 4 aromatic carbocycles. The molecule has 2 N–H and O–H groups in total. The lowest BCUT2D eigenvalue weighted by Gasteiger charge is -2.24. The molecule has 0 saturated heterocycles. The number of carbonyl (C=O) groups excluding carboxylic acids is 1. The quantitative estimate of drug-likeness (QED) is 0.196. The molecule has 0 bridgehead atoms. The van der Waals surface area contributed by atoms with Crippen molar-refractivity contribution in [2.75, 3.05) is 27.5 Å². The van der Waals surface area contributed by atoms with Gasteiger partial charge in [0.15, 0.2) is 0 Å². The van der Waals surface area contributed by atoms with Crippen molar-refractivity contribution in [3.63, 3.8) is 0 Å². The monoisotopic (exact) mass is 647 g/mol. The molecule has 9 nitrogen and oxygen atoms in total. The maximum Gasteiger partial charge on any atom is 0.264 e. The Morgan fingerprint density at radius 2 is 1.45 bits per heavy atom. The van der Waals surface area contributed by atoms with Crippen LogP contribution in [0.3, 0.4) is 0 Å². The Kier molecular flexibility index (Phi) is 9.67. The number of carbonyl (C=O) groups is 1. The van der Waals surface area contributed by atoms with Crippen molar-refractivity contribution in [3.8, 4) is 5.75 Å². The molecule has 0 spiro atoms. The topological polar surface area (TPSA) is 122 Å². The molecule has 0 aliphatic carbocycles. The van der Waals surface area contributed by atoms with Gasteiger partial charge in [0.25, 0.3) is 20.0 Å². The summed E-state index contributed by atoms with van der Waals surface area (Å²) in [5.74, 6) is -0.102. The number of nitrogens with zero attached hydrogens (tertiary/aromatic N) is 1. The van der Waals surface area contributed by atoms with E-state index >= 15 is 0 Å². The van der Waals surface area contributed by atoms with E-state index < -0.39 is 32.5 Å². The highest BCUT2D eigenvalue weighted by atomic mass is 35.5. The molecule has 42 heavy (non-hydrogen) atoms. The average molecular weight is 649 g/mol. The van der Waals surface area contributed by atoms with Gasteiger partial charge in [-0.05, 0) is 104 Å². The van der Waals surface area contributed by atoms with Crippen molar-refractivity contribution in [3.05, 3.63) is 107 Å². The average Bonchev–Trinajstić information content (AvgIpc) is 2.95. The zero-order valence-corrected chi connectivity index (χ0v) is 25.7. The van der Waals surface area contributed by atoms with Crippen molar-refractivity contribution in [2.45, 2.75) is 23.6 Å². The lowest BCUT2D eigenvalue weighted by atomic mass is 10.2. The molecular weight excluding hydrogens is 621 g/mol.